The highest BCUT2D eigenvalue weighted by Gasteiger charge is 1.99. The summed E-state index contributed by atoms with van der Waals surface area (Å²) in [4.78, 5) is 14.5. The molecule has 0 fully saturated rings. The first-order valence-electron chi connectivity index (χ1n) is 3.64. The van der Waals surface area contributed by atoms with Gasteiger partial charge in [0.2, 0.25) is 0 Å². The molecular formula is C9H7NO2. The second-order valence-electron chi connectivity index (χ2n) is 2.56. The highest BCUT2D eigenvalue weighted by atomic mass is 16.4. The van der Waals surface area contributed by atoms with Gasteiger partial charge in [-0.25, -0.2) is 4.79 Å². The van der Waals surface area contributed by atoms with Crippen molar-refractivity contribution < 1.29 is 4.42 Å². The maximum atomic E-state index is 10.8. The van der Waals surface area contributed by atoms with Crippen LogP contribution in [0.15, 0.2) is 33.5 Å². The molecule has 0 aliphatic rings. The molecule has 0 amide bonds. The summed E-state index contributed by atoms with van der Waals surface area (Å²) < 4.78 is 4.88. The standard InChI is InChI=1S/C9H7NO2/c1-6-7-4-2-3-5-8(7)12-9(11)10-6/h2-5H,1H3. The smallest absolute Gasteiger partial charge is 0.408 e. The molecule has 60 valence electrons. The summed E-state index contributed by atoms with van der Waals surface area (Å²) in [6, 6.07) is 7.34. The van der Waals surface area contributed by atoms with Gasteiger partial charge in [-0.1, -0.05) is 12.1 Å². The minimum absolute atomic E-state index is 0.536. The Labute approximate surface area is 68.7 Å². The van der Waals surface area contributed by atoms with Gasteiger partial charge < -0.3 is 4.42 Å². The van der Waals surface area contributed by atoms with Gasteiger partial charge in [-0.2, -0.15) is 4.98 Å². The van der Waals surface area contributed by atoms with E-state index in [-0.39, 0.29) is 0 Å². The first kappa shape index (κ1) is 7.03. The molecule has 0 radical (unpaired) electrons. The molecule has 0 aliphatic heterocycles. The fourth-order valence-electron chi connectivity index (χ4n) is 1.17. The third-order valence-corrected chi connectivity index (χ3v) is 1.73. The monoisotopic (exact) mass is 161 g/mol. The van der Waals surface area contributed by atoms with Crippen LogP contribution in [0.4, 0.5) is 0 Å². The van der Waals surface area contributed by atoms with E-state index in [1.807, 2.05) is 18.2 Å². The normalized spacial score (nSPS) is 10.4. The zero-order chi connectivity index (χ0) is 8.55. The molecule has 3 nitrogen and oxygen atoms in total. The topological polar surface area (TPSA) is 43.1 Å². The van der Waals surface area contributed by atoms with E-state index in [1.54, 1.807) is 13.0 Å². The van der Waals surface area contributed by atoms with E-state index in [1.165, 1.54) is 0 Å². The predicted molar refractivity (Wildman–Crippen MR) is 45.0 cm³/mol. The average Bonchev–Trinajstić information content (AvgIpc) is 2.04. The first-order valence-corrected chi connectivity index (χ1v) is 3.64. The van der Waals surface area contributed by atoms with Crippen LogP contribution in [0.2, 0.25) is 0 Å². The second kappa shape index (κ2) is 2.44. The average molecular weight is 161 g/mol. The van der Waals surface area contributed by atoms with Crippen LogP contribution < -0.4 is 5.76 Å². The maximum Gasteiger partial charge on any atom is 0.439 e. The molecule has 0 saturated heterocycles. The van der Waals surface area contributed by atoms with E-state index in [4.69, 9.17) is 4.42 Å². The number of fused-ring (bicyclic) bond motifs is 1. The van der Waals surface area contributed by atoms with Crippen molar-refractivity contribution in [3.05, 3.63) is 40.5 Å². The first-order chi connectivity index (χ1) is 5.77. The van der Waals surface area contributed by atoms with Crippen LogP contribution in [0.5, 0.6) is 0 Å². The molecule has 0 atom stereocenters. The Balaban J connectivity index is 2.99. The van der Waals surface area contributed by atoms with Crippen molar-refractivity contribution >= 4 is 11.0 Å². The van der Waals surface area contributed by atoms with E-state index in [9.17, 15) is 4.79 Å². The number of nitrogens with zero attached hydrogens (tertiary/aromatic N) is 1. The molecule has 2 aromatic rings. The van der Waals surface area contributed by atoms with Gasteiger partial charge in [0.25, 0.3) is 0 Å². The van der Waals surface area contributed by atoms with Gasteiger partial charge in [0.15, 0.2) is 0 Å². The lowest BCUT2D eigenvalue weighted by Gasteiger charge is -1.96. The summed E-state index contributed by atoms with van der Waals surface area (Å²) in [6.45, 7) is 1.79. The van der Waals surface area contributed by atoms with Crippen molar-refractivity contribution in [2.75, 3.05) is 0 Å². The minimum Gasteiger partial charge on any atom is -0.408 e. The van der Waals surface area contributed by atoms with Crippen molar-refractivity contribution in [1.82, 2.24) is 4.98 Å². The van der Waals surface area contributed by atoms with Crippen LogP contribution in [0, 0.1) is 6.92 Å². The quantitative estimate of drug-likeness (QED) is 0.588. The molecule has 0 spiro atoms. The van der Waals surface area contributed by atoms with Gasteiger partial charge in [-0.05, 0) is 19.1 Å². The van der Waals surface area contributed by atoms with E-state index in [0.717, 1.165) is 5.39 Å². The third-order valence-electron chi connectivity index (χ3n) is 1.73. The number of hydrogen-bond acceptors (Lipinski definition) is 3. The highest BCUT2D eigenvalue weighted by molar-refractivity contribution is 5.78. The summed E-state index contributed by atoms with van der Waals surface area (Å²) >= 11 is 0. The summed E-state index contributed by atoms with van der Waals surface area (Å²) in [5, 5.41) is 0.886. The highest BCUT2D eigenvalue weighted by Crippen LogP contribution is 2.12. The van der Waals surface area contributed by atoms with Gasteiger partial charge in [-0.3, -0.25) is 0 Å². The molecule has 3 heteroatoms. The van der Waals surface area contributed by atoms with Gasteiger partial charge in [-0.15, -0.1) is 0 Å². The number of para-hydroxylation sites is 1. The van der Waals surface area contributed by atoms with Gasteiger partial charge in [0.1, 0.15) is 5.58 Å². The fourth-order valence-corrected chi connectivity index (χ4v) is 1.17. The molecule has 0 unspecified atom stereocenters. The lowest BCUT2D eigenvalue weighted by atomic mass is 10.2. The lowest BCUT2D eigenvalue weighted by molar-refractivity contribution is 0.528. The second-order valence-corrected chi connectivity index (χ2v) is 2.56. The molecule has 1 heterocycles. The number of aryl methyl sites for hydroxylation is 1. The number of aromatic nitrogens is 1. The summed E-state index contributed by atoms with van der Waals surface area (Å²) in [5.74, 6) is -0.536. The number of hydrogen-bond donors (Lipinski definition) is 0. The lowest BCUT2D eigenvalue weighted by Crippen LogP contribution is -2.04. The molecule has 1 aromatic heterocycles. The molecule has 0 saturated carbocycles. The number of benzene rings is 1. The van der Waals surface area contributed by atoms with Gasteiger partial charge >= 0.3 is 5.76 Å². The molecule has 0 aliphatic carbocycles. The van der Waals surface area contributed by atoms with Crippen molar-refractivity contribution in [2.45, 2.75) is 6.92 Å². The summed E-state index contributed by atoms with van der Waals surface area (Å²) in [5.41, 5.74) is 1.30. The molecule has 1 aromatic carbocycles. The Bertz CT molecular complexity index is 473. The predicted octanol–water partition coefficient (Wildman–Crippen LogP) is 1.50. The van der Waals surface area contributed by atoms with Crippen molar-refractivity contribution in [1.29, 1.82) is 0 Å². The largest absolute Gasteiger partial charge is 0.439 e. The van der Waals surface area contributed by atoms with Crippen molar-refractivity contribution in [2.24, 2.45) is 0 Å². The van der Waals surface area contributed by atoms with E-state index in [2.05, 4.69) is 4.98 Å². The van der Waals surface area contributed by atoms with Crippen LogP contribution in [0.1, 0.15) is 5.69 Å². The van der Waals surface area contributed by atoms with E-state index in [0.29, 0.717) is 11.3 Å². The molecule has 12 heavy (non-hydrogen) atoms. The molecule has 2 rings (SSSR count). The van der Waals surface area contributed by atoms with E-state index >= 15 is 0 Å². The minimum atomic E-state index is -0.536. The molecule has 0 N–H and O–H groups in total. The van der Waals surface area contributed by atoms with Crippen LogP contribution in [0.25, 0.3) is 11.0 Å². The number of rotatable bonds is 0. The van der Waals surface area contributed by atoms with Crippen LogP contribution >= 0.6 is 0 Å². The fraction of sp³-hybridized carbons (Fsp3) is 0.111. The Kier molecular flexibility index (Phi) is 1.43. The summed E-state index contributed by atoms with van der Waals surface area (Å²) in [6.07, 6.45) is 0. The Hall–Kier alpha value is -1.64. The molecular weight excluding hydrogens is 154 g/mol. The third kappa shape index (κ3) is 0.993. The van der Waals surface area contributed by atoms with E-state index < -0.39 is 5.76 Å². The zero-order valence-electron chi connectivity index (χ0n) is 6.57. The van der Waals surface area contributed by atoms with Crippen LogP contribution in [-0.2, 0) is 0 Å². The van der Waals surface area contributed by atoms with Gasteiger partial charge in [0, 0.05) is 5.39 Å². The summed E-state index contributed by atoms with van der Waals surface area (Å²) in [7, 11) is 0. The van der Waals surface area contributed by atoms with Crippen molar-refractivity contribution in [3.8, 4) is 0 Å². The maximum absolute atomic E-state index is 10.8. The Morgan fingerprint density at radius 1 is 1.33 bits per heavy atom. The van der Waals surface area contributed by atoms with Crippen LogP contribution in [0.3, 0.4) is 0 Å². The molecule has 0 bridgehead atoms. The van der Waals surface area contributed by atoms with Gasteiger partial charge in [0.05, 0.1) is 5.69 Å². The van der Waals surface area contributed by atoms with Crippen LogP contribution in [-0.4, -0.2) is 4.98 Å². The SMILES string of the molecule is Cc1nc(=O)oc2ccccc12. The Morgan fingerprint density at radius 3 is 2.92 bits per heavy atom. The Morgan fingerprint density at radius 2 is 2.08 bits per heavy atom. The van der Waals surface area contributed by atoms with Crippen molar-refractivity contribution in [3.63, 3.8) is 0 Å². The zero-order valence-corrected chi connectivity index (χ0v) is 6.57.